The van der Waals surface area contributed by atoms with Gasteiger partial charge in [-0.15, -0.1) is 0 Å². The number of halogens is 3. The molecule has 2 amide bonds. The van der Waals surface area contributed by atoms with Crippen LogP contribution in [0.2, 0.25) is 0 Å². The molecule has 2 rings (SSSR count). The van der Waals surface area contributed by atoms with E-state index in [1.165, 1.54) is 6.07 Å². The molecule has 0 bridgehead atoms. The van der Waals surface area contributed by atoms with Crippen molar-refractivity contribution >= 4 is 17.7 Å². The number of carbonyl (C=O) groups excluding carboxylic acids is 2. The fraction of sp³-hybridized carbons (Fsp3) is 0.125. The highest BCUT2D eigenvalue weighted by molar-refractivity contribution is 6.02. The first kappa shape index (κ1) is 17.3. The van der Waals surface area contributed by atoms with Crippen molar-refractivity contribution < 1.29 is 27.5 Å². The van der Waals surface area contributed by atoms with Gasteiger partial charge in [0, 0.05) is 0 Å². The summed E-state index contributed by atoms with van der Waals surface area (Å²) in [7, 11) is 0. The van der Waals surface area contributed by atoms with Gasteiger partial charge in [-0.2, -0.15) is 13.2 Å². The van der Waals surface area contributed by atoms with Crippen LogP contribution in [0.15, 0.2) is 42.5 Å². The molecule has 5 nitrogen and oxygen atoms in total. The molecule has 8 heteroatoms. The van der Waals surface area contributed by atoms with E-state index in [1.807, 2.05) is 0 Å². The monoisotopic (exact) mass is 338 g/mol. The van der Waals surface area contributed by atoms with Crippen LogP contribution < -0.4 is 15.8 Å². The molecule has 0 saturated carbocycles. The minimum atomic E-state index is -4.48. The number of urea groups is 1. The molecule has 0 heterocycles. The first-order valence-corrected chi connectivity index (χ1v) is 6.74. The SMILES string of the molecule is Cc1cccc(NC(N)=O)c1C(=O)Oc1ccc(C(F)(F)F)cc1. The molecule has 0 aliphatic carbocycles. The third-order valence-corrected chi connectivity index (χ3v) is 3.13. The van der Waals surface area contributed by atoms with Crippen LogP contribution in [0.4, 0.5) is 23.7 Å². The van der Waals surface area contributed by atoms with Gasteiger partial charge in [-0.1, -0.05) is 12.1 Å². The van der Waals surface area contributed by atoms with Gasteiger partial charge in [-0.05, 0) is 42.8 Å². The Morgan fingerprint density at radius 3 is 2.25 bits per heavy atom. The van der Waals surface area contributed by atoms with Crippen LogP contribution >= 0.6 is 0 Å². The van der Waals surface area contributed by atoms with E-state index < -0.39 is 23.7 Å². The second-order valence-corrected chi connectivity index (χ2v) is 4.90. The van der Waals surface area contributed by atoms with Crippen LogP contribution in [0.25, 0.3) is 0 Å². The Balaban J connectivity index is 2.26. The Morgan fingerprint density at radius 1 is 1.08 bits per heavy atom. The largest absolute Gasteiger partial charge is 0.423 e. The van der Waals surface area contributed by atoms with Crippen LogP contribution in [0, 0.1) is 6.92 Å². The smallest absolute Gasteiger partial charge is 0.416 e. The van der Waals surface area contributed by atoms with Crippen molar-refractivity contribution in [2.45, 2.75) is 13.1 Å². The number of benzene rings is 2. The number of alkyl halides is 3. The number of ether oxygens (including phenoxy) is 1. The lowest BCUT2D eigenvalue weighted by molar-refractivity contribution is -0.137. The van der Waals surface area contributed by atoms with Crippen LogP contribution in [-0.2, 0) is 6.18 Å². The summed E-state index contributed by atoms with van der Waals surface area (Å²) in [6.07, 6.45) is -4.48. The summed E-state index contributed by atoms with van der Waals surface area (Å²) < 4.78 is 42.6. The number of hydrogen-bond donors (Lipinski definition) is 2. The Morgan fingerprint density at radius 2 is 1.71 bits per heavy atom. The highest BCUT2D eigenvalue weighted by Crippen LogP contribution is 2.30. The number of anilines is 1. The molecule has 0 aliphatic heterocycles. The highest BCUT2D eigenvalue weighted by Gasteiger charge is 2.30. The number of esters is 1. The molecular weight excluding hydrogens is 325 g/mol. The first-order valence-electron chi connectivity index (χ1n) is 6.74. The van der Waals surface area contributed by atoms with Gasteiger partial charge < -0.3 is 15.8 Å². The van der Waals surface area contributed by atoms with Crippen molar-refractivity contribution in [3.05, 3.63) is 59.2 Å². The van der Waals surface area contributed by atoms with Gasteiger partial charge in [-0.25, -0.2) is 9.59 Å². The maximum absolute atomic E-state index is 12.5. The van der Waals surface area contributed by atoms with Gasteiger partial charge in [0.1, 0.15) is 5.75 Å². The van der Waals surface area contributed by atoms with Gasteiger partial charge >= 0.3 is 18.2 Å². The normalized spacial score (nSPS) is 11.0. The number of hydrogen-bond acceptors (Lipinski definition) is 3. The molecule has 0 atom stereocenters. The average Bonchev–Trinajstić information content (AvgIpc) is 2.46. The minimum Gasteiger partial charge on any atom is -0.423 e. The third kappa shape index (κ3) is 4.03. The minimum absolute atomic E-state index is 0.0544. The number of carbonyl (C=O) groups is 2. The Labute approximate surface area is 135 Å². The molecule has 0 unspecified atom stereocenters. The number of rotatable bonds is 3. The van der Waals surface area contributed by atoms with Crippen LogP contribution in [-0.4, -0.2) is 12.0 Å². The number of amides is 2. The predicted octanol–water partition coefficient (Wildman–Crippen LogP) is 3.72. The summed E-state index contributed by atoms with van der Waals surface area (Å²) >= 11 is 0. The van der Waals surface area contributed by atoms with E-state index in [0.717, 1.165) is 24.3 Å². The maximum atomic E-state index is 12.5. The standard InChI is InChI=1S/C16H13F3N2O3/c1-9-3-2-4-12(21-15(20)23)13(9)14(22)24-11-7-5-10(6-8-11)16(17,18)19/h2-8H,1H3,(H3,20,21,23). The third-order valence-electron chi connectivity index (χ3n) is 3.13. The molecular formula is C16H13F3N2O3. The van der Waals surface area contributed by atoms with E-state index in [1.54, 1.807) is 19.1 Å². The Bertz CT molecular complexity index is 771. The summed E-state index contributed by atoms with van der Waals surface area (Å²) in [5.41, 5.74) is 4.92. The molecule has 0 fully saturated rings. The van der Waals surface area contributed by atoms with E-state index in [4.69, 9.17) is 10.5 Å². The fourth-order valence-electron chi connectivity index (χ4n) is 2.05. The predicted molar refractivity (Wildman–Crippen MR) is 80.8 cm³/mol. The van der Waals surface area contributed by atoms with Crippen LogP contribution in [0.1, 0.15) is 21.5 Å². The number of primary amides is 1. The zero-order valence-corrected chi connectivity index (χ0v) is 12.5. The number of nitrogens with one attached hydrogen (secondary N) is 1. The van der Waals surface area contributed by atoms with E-state index in [9.17, 15) is 22.8 Å². The summed E-state index contributed by atoms with van der Waals surface area (Å²) in [5.74, 6) is -0.877. The van der Waals surface area contributed by atoms with Gasteiger partial charge in [0.15, 0.2) is 0 Å². The quantitative estimate of drug-likeness (QED) is 0.661. The van der Waals surface area contributed by atoms with Crippen molar-refractivity contribution in [3.8, 4) is 5.75 Å². The van der Waals surface area contributed by atoms with Crippen molar-refractivity contribution in [2.24, 2.45) is 5.73 Å². The molecule has 0 saturated heterocycles. The van der Waals surface area contributed by atoms with Crippen LogP contribution in [0.5, 0.6) is 5.75 Å². The van der Waals surface area contributed by atoms with E-state index >= 15 is 0 Å². The molecule has 2 aromatic carbocycles. The van der Waals surface area contributed by atoms with Gasteiger partial charge in [0.25, 0.3) is 0 Å². The lowest BCUT2D eigenvalue weighted by Gasteiger charge is -2.12. The Kier molecular flexibility index (Phi) is 4.77. The van der Waals surface area contributed by atoms with Crippen molar-refractivity contribution in [2.75, 3.05) is 5.32 Å². The summed E-state index contributed by atoms with van der Waals surface area (Å²) in [4.78, 5) is 23.3. The van der Waals surface area contributed by atoms with E-state index in [-0.39, 0.29) is 17.0 Å². The number of aryl methyl sites for hydroxylation is 1. The number of nitrogens with two attached hydrogens (primary N) is 1. The van der Waals surface area contributed by atoms with Crippen molar-refractivity contribution in [1.29, 1.82) is 0 Å². The molecule has 3 N–H and O–H groups in total. The lowest BCUT2D eigenvalue weighted by atomic mass is 10.1. The summed E-state index contributed by atoms with van der Waals surface area (Å²) in [6.45, 7) is 1.62. The van der Waals surface area contributed by atoms with Gasteiger partial charge in [-0.3, -0.25) is 0 Å². The zero-order valence-electron chi connectivity index (χ0n) is 12.5. The first-order chi connectivity index (χ1) is 11.2. The molecule has 0 spiro atoms. The molecule has 24 heavy (non-hydrogen) atoms. The fourth-order valence-corrected chi connectivity index (χ4v) is 2.05. The zero-order chi connectivity index (χ0) is 17.9. The second-order valence-electron chi connectivity index (χ2n) is 4.90. The second kappa shape index (κ2) is 6.61. The summed E-state index contributed by atoms with van der Waals surface area (Å²) in [6, 6.07) is 7.53. The molecule has 0 aliphatic rings. The van der Waals surface area contributed by atoms with Crippen LogP contribution in [0.3, 0.4) is 0 Å². The van der Waals surface area contributed by atoms with Gasteiger partial charge in [0.2, 0.25) is 0 Å². The average molecular weight is 338 g/mol. The van der Waals surface area contributed by atoms with E-state index in [0.29, 0.717) is 5.56 Å². The summed E-state index contributed by atoms with van der Waals surface area (Å²) in [5, 5.41) is 2.30. The molecule has 126 valence electrons. The maximum Gasteiger partial charge on any atom is 0.416 e. The van der Waals surface area contributed by atoms with Crippen molar-refractivity contribution in [1.82, 2.24) is 0 Å². The lowest BCUT2D eigenvalue weighted by Crippen LogP contribution is -2.22. The Hall–Kier alpha value is -3.03. The molecule has 0 radical (unpaired) electrons. The van der Waals surface area contributed by atoms with Crippen molar-refractivity contribution in [3.63, 3.8) is 0 Å². The van der Waals surface area contributed by atoms with E-state index in [2.05, 4.69) is 5.32 Å². The molecule has 0 aromatic heterocycles. The molecule has 2 aromatic rings. The highest BCUT2D eigenvalue weighted by atomic mass is 19.4. The van der Waals surface area contributed by atoms with Gasteiger partial charge in [0.05, 0.1) is 16.8 Å². The topological polar surface area (TPSA) is 81.4 Å².